The monoisotopic (exact) mass is 187 g/mol. The Kier molecular flexibility index (Phi) is 2.76. The van der Waals surface area contributed by atoms with Crippen LogP contribution in [0.5, 0.6) is 0 Å². The summed E-state index contributed by atoms with van der Waals surface area (Å²) in [5, 5.41) is 8.23. The van der Waals surface area contributed by atoms with Gasteiger partial charge in [0.2, 0.25) is 5.96 Å². The summed E-state index contributed by atoms with van der Waals surface area (Å²) in [4.78, 5) is 3.36. The number of halogens is 2. The van der Waals surface area contributed by atoms with E-state index in [9.17, 15) is 8.78 Å². The third-order valence-electron chi connectivity index (χ3n) is 1.26. The Morgan fingerprint density at radius 2 is 2.15 bits per heavy atom. The maximum Gasteiger partial charge on any atom is 0.218 e. The molecule has 0 amide bonds. The van der Waals surface area contributed by atoms with Crippen LogP contribution < -0.4 is 11.2 Å². The van der Waals surface area contributed by atoms with Crippen LogP contribution in [0.3, 0.4) is 0 Å². The minimum absolute atomic E-state index is 0.279. The van der Waals surface area contributed by atoms with Crippen LogP contribution in [0.15, 0.2) is 23.2 Å². The lowest BCUT2D eigenvalue weighted by molar-refractivity contribution is 0.233. The molecule has 70 valence electrons. The lowest BCUT2D eigenvalue weighted by Gasteiger charge is -1.99. The summed E-state index contributed by atoms with van der Waals surface area (Å²) in [5.41, 5.74) is 6.24. The summed E-state index contributed by atoms with van der Waals surface area (Å²) in [6.45, 7) is 0. The van der Waals surface area contributed by atoms with E-state index in [0.717, 1.165) is 18.2 Å². The van der Waals surface area contributed by atoms with E-state index in [-0.39, 0.29) is 5.69 Å². The number of aliphatic imine (C=N–C) groups is 1. The fourth-order valence-electron chi connectivity index (χ4n) is 0.726. The van der Waals surface area contributed by atoms with Gasteiger partial charge in [0.15, 0.2) is 0 Å². The lowest BCUT2D eigenvalue weighted by atomic mass is 10.3. The van der Waals surface area contributed by atoms with Crippen LogP contribution in [-0.4, -0.2) is 11.2 Å². The fourth-order valence-corrected chi connectivity index (χ4v) is 0.726. The standard InChI is InChI=1S/C7H7F2N3O/c8-4-1-2-5(9)6(3-4)11-7(10)12-13/h1-3,13H,(H3,10,11,12). The molecule has 4 N–H and O–H groups in total. The molecule has 0 heterocycles. The van der Waals surface area contributed by atoms with E-state index in [2.05, 4.69) is 4.99 Å². The van der Waals surface area contributed by atoms with Gasteiger partial charge < -0.3 is 5.73 Å². The molecular formula is C7H7F2N3O. The zero-order chi connectivity index (χ0) is 9.84. The summed E-state index contributed by atoms with van der Waals surface area (Å²) in [6, 6.07) is 2.73. The first-order valence-electron chi connectivity index (χ1n) is 3.33. The van der Waals surface area contributed by atoms with Crippen LogP contribution in [0, 0.1) is 11.6 Å². The summed E-state index contributed by atoms with van der Waals surface area (Å²) < 4.78 is 25.4. The van der Waals surface area contributed by atoms with Crippen molar-refractivity contribution in [1.29, 1.82) is 0 Å². The van der Waals surface area contributed by atoms with Crippen LogP contribution >= 0.6 is 0 Å². The van der Waals surface area contributed by atoms with Gasteiger partial charge in [-0.25, -0.2) is 19.3 Å². The Morgan fingerprint density at radius 1 is 1.46 bits per heavy atom. The molecule has 0 fully saturated rings. The minimum Gasteiger partial charge on any atom is -0.368 e. The smallest absolute Gasteiger partial charge is 0.218 e. The SMILES string of the molecule is NC(=Nc1cc(F)ccc1F)NO. The number of hydroxylamine groups is 1. The first-order chi connectivity index (χ1) is 6.13. The third-order valence-corrected chi connectivity index (χ3v) is 1.26. The highest BCUT2D eigenvalue weighted by atomic mass is 19.1. The van der Waals surface area contributed by atoms with Crippen molar-refractivity contribution in [2.24, 2.45) is 10.7 Å². The van der Waals surface area contributed by atoms with Gasteiger partial charge in [0.05, 0.1) is 0 Å². The summed E-state index contributed by atoms with van der Waals surface area (Å²) >= 11 is 0. The molecule has 0 bridgehead atoms. The zero-order valence-corrected chi connectivity index (χ0v) is 6.46. The Labute approximate surface area is 72.7 Å². The number of nitrogens with one attached hydrogen (secondary N) is 1. The second-order valence-electron chi connectivity index (χ2n) is 2.20. The van der Waals surface area contributed by atoms with E-state index >= 15 is 0 Å². The van der Waals surface area contributed by atoms with Crippen molar-refractivity contribution in [2.45, 2.75) is 0 Å². The number of benzene rings is 1. The van der Waals surface area contributed by atoms with Crippen LogP contribution in [0.2, 0.25) is 0 Å². The molecule has 0 aliphatic rings. The molecule has 1 aromatic rings. The number of hydrogen-bond donors (Lipinski definition) is 3. The molecule has 1 rings (SSSR count). The molecule has 0 aliphatic heterocycles. The summed E-state index contributed by atoms with van der Waals surface area (Å²) in [7, 11) is 0. The van der Waals surface area contributed by atoms with Crippen LogP contribution in [0.25, 0.3) is 0 Å². The van der Waals surface area contributed by atoms with Gasteiger partial charge in [-0.2, -0.15) is 0 Å². The van der Waals surface area contributed by atoms with E-state index in [1.807, 2.05) is 0 Å². The predicted molar refractivity (Wildman–Crippen MR) is 42.6 cm³/mol. The molecule has 0 saturated carbocycles. The Bertz CT molecular complexity index is 341. The first-order valence-corrected chi connectivity index (χ1v) is 3.33. The van der Waals surface area contributed by atoms with Gasteiger partial charge in [-0.05, 0) is 12.1 Å². The Hall–Kier alpha value is -1.69. The van der Waals surface area contributed by atoms with Crippen LogP contribution in [0.1, 0.15) is 0 Å². The van der Waals surface area contributed by atoms with Gasteiger partial charge >= 0.3 is 0 Å². The van der Waals surface area contributed by atoms with Gasteiger partial charge in [0.1, 0.15) is 17.3 Å². The van der Waals surface area contributed by atoms with Gasteiger partial charge in [0, 0.05) is 6.07 Å². The molecule has 0 spiro atoms. The largest absolute Gasteiger partial charge is 0.368 e. The molecule has 0 aliphatic carbocycles. The zero-order valence-electron chi connectivity index (χ0n) is 6.46. The van der Waals surface area contributed by atoms with Crippen molar-refractivity contribution in [3.8, 4) is 0 Å². The summed E-state index contributed by atoms with van der Waals surface area (Å²) in [6.07, 6.45) is 0. The fraction of sp³-hybridized carbons (Fsp3) is 0. The highest BCUT2D eigenvalue weighted by Crippen LogP contribution is 2.17. The normalized spacial score (nSPS) is 11.5. The molecule has 6 heteroatoms. The van der Waals surface area contributed by atoms with Crippen LogP contribution in [0.4, 0.5) is 14.5 Å². The Balaban J connectivity index is 3.07. The predicted octanol–water partition coefficient (Wildman–Crippen LogP) is 0.890. The van der Waals surface area contributed by atoms with Crippen molar-refractivity contribution in [3.05, 3.63) is 29.8 Å². The molecule has 0 radical (unpaired) electrons. The third kappa shape index (κ3) is 2.38. The van der Waals surface area contributed by atoms with E-state index in [4.69, 9.17) is 10.9 Å². The lowest BCUT2D eigenvalue weighted by Crippen LogP contribution is -2.27. The Morgan fingerprint density at radius 3 is 2.77 bits per heavy atom. The van der Waals surface area contributed by atoms with E-state index in [0.29, 0.717) is 0 Å². The van der Waals surface area contributed by atoms with Crippen LogP contribution in [-0.2, 0) is 0 Å². The number of nitrogens with two attached hydrogens (primary N) is 1. The summed E-state index contributed by atoms with van der Waals surface area (Å²) in [5.74, 6) is -1.77. The van der Waals surface area contributed by atoms with Gasteiger partial charge in [0.25, 0.3) is 0 Å². The number of nitrogens with zero attached hydrogens (tertiary/aromatic N) is 1. The molecular weight excluding hydrogens is 180 g/mol. The first kappa shape index (κ1) is 9.40. The topological polar surface area (TPSA) is 70.6 Å². The number of rotatable bonds is 1. The van der Waals surface area contributed by atoms with E-state index in [1.54, 1.807) is 0 Å². The average molecular weight is 187 g/mol. The maximum absolute atomic E-state index is 12.8. The molecule has 4 nitrogen and oxygen atoms in total. The second-order valence-corrected chi connectivity index (χ2v) is 2.20. The van der Waals surface area contributed by atoms with E-state index < -0.39 is 17.6 Å². The van der Waals surface area contributed by atoms with Crippen molar-refractivity contribution >= 4 is 11.6 Å². The molecule has 0 atom stereocenters. The van der Waals surface area contributed by atoms with E-state index in [1.165, 1.54) is 5.48 Å². The van der Waals surface area contributed by atoms with Gasteiger partial charge in [-0.3, -0.25) is 5.21 Å². The molecule has 13 heavy (non-hydrogen) atoms. The number of guanidine groups is 1. The second kappa shape index (κ2) is 3.81. The maximum atomic E-state index is 12.8. The molecule has 0 saturated heterocycles. The highest BCUT2D eigenvalue weighted by molar-refractivity contribution is 5.79. The van der Waals surface area contributed by atoms with Gasteiger partial charge in [-0.15, -0.1) is 0 Å². The molecule has 0 aromatic heterocycles. The molecule has 0 unspecified atom stereocenters. The molecule has 1 aromatic carbocycles. The van der Waals surface area contributed by atoms with Crippen molar-refractivity contribution in [3.63, 3.8) is 0 Å². The average Bonchev–Trinajstić information content (AvgIpc) is 2.11. The minimum atomic E-state index is -0.723. The highest BCUT2D eigenvalue weighted by Gasteiger charge is 2.02. The number of hydrogen-bond acceptors (Lipinski definition) is 2. The van der Waals surface area contributed by atoms with Crippen molar-refractivity contribution in [2.75, 3.05) is 0 Å². The van der Waals surface area contributed by atoms with Gasteiger partial charge in [-0.1, -0.05) is 0 Å². The van der Waals surface area contributed by atoms with Crippen molar-refractivity contribution in [1.82, 2.24) is 5.48 Å². The van der Waals surface area contributed by atoms with Crippen molar-refractivity contribution < 1.29 is 14.0 Å². The quantitative estimate of drug-likeness (QED) is 0.347.